The van der Waals surface area contributed by atoms with Crippen LogP contribution < -0.4 is 25.4 Å². The minimum absolute atomic E-state index is 0.0646. The molecule has 19 nitrogen and oxygen atoms in total. The molecule has 4 aliphatic rings. The van der Waals surface area contributed by atoms with Gasteiger partial charge in [0.15, 0.2) is 0 Å². The van der Waals surface area contributed by atoms with Crippen LogP contribution in [0.25, 0.3) is 0 Å². The van der Waals surface area contributed by atoms with Crippen LogP contribution in [-0.4, -0.2) is 113 Å². The van der Waals surface area contributed by atoms with Gasteiger partial charge in [0.2, 0.25) is 5.91 Å². The number of aliphatic carboxylic acids is 1. The number of carboxylic acid groups (broad SMARTS) is 1. The van der Waals surface area contributed by atoms with Gasteiger partial charge in [-0.05, 0) is 256 Å². The van der Waals surface area contributed by atoms with Gasteiger partial charge in [-0.3, -0.25) is 19.0 Å². The van der Waals surface area contributed by atoms with E-state index in [9.17, 15) is 33.1 Å². The predicted molar refractivity (Wildman–Crippen MR) is 423 cm³/mol. The Morgan fingerprint density at radius 3 is 1.32 bits per heavy atom. The molecule has 2 aliphatic carbocycles. The number of hydrogen-bond donors (Lipinski definition) is 4. The highest BCUT2D eigenvalue weighted by Gasteiger charge is 2.45. The molecule has 3 amide bonds. The topological polar surface area (TPSA) is 226 Å². The normalized spacial score (nSPS) is 17.1. The van der Waals surface area contributed by atoms with E-state index in [1.54, 1.807) is 57.7 Å². The van der Waals surface area contributed by atoms with Crippen molar-refractivity contribution in [2.24, 2.45) is 34.5 Å². The largest absolute Gasteiger partial charge is 0.489 e. The van der Waals surface area contributed by atoms with Gasteiger partial charge in [-0.15, -0.1) is 0 Å². The zero-order valence-electron chi connectivity index (χ0n) is 65.4. The molecule has 2 aliphatic heterocycles. The molecule has 110 heavy (non-hydrogen) atoms. The molecule has 4 atom stereocenters. The molecule has 0 radical (unpaired) electrons. The van der Waals surface area contributed by atoms with Crippen LogP contribution in [0.4, 0.5) is 18.4 Å². The fraction of sp³-hybridized carbons (Fsp3) is 0.506. The lowest BCUT2D eigenvalue weighted by molar-refractivity contribution is -0.142. The lowest BCUT2D eigenvalue weighted by Crippen LogP contribution is -2.51. The van der Waals surface area contributed by atoms with Gasteiger partial charge in [-0.2, -0.15) is 10.2 Å². The Kier molecular flexibility index (Phi) is 30.9. The predicted octanol–water partition coefficient (Wildman–Crippen LogP) is 17.4. The van der Waals surface area contributed by atoms with Crippen molar-refractivity contribution in [3.8, 4) is 11.5 Å². The molecular formula is C89H116F2N10O9. The number of benzene rings is 6. The number of aromatic nitrogens is 6. The lowest BCUT2D eigenvalue weighted by atomic mass is 9.63. The number of nitrogens with one attached hydrogen (secondary N) is 3. The summed E-state index contributed by atoms with van der Waals surface area (Å²) < 4.78 is 54.3. The Balaban J connectivity index is 0.000000198. The number of alkyl carbamates (subject to hydrolysis) is 2. The van der Waals surface area contributed by atoms with Gasteiger partial charge in [0, 0.05) is 44.2 Å². The zero-order valence-corrected chi connectivity index (χ0v) is 65.4. The molecule has 21 heteroatoms. The third-order valence-corrected chi connectivity index (χ3v) is 22.2. The molecule has 1 unspecified atom stereocenters. The van der Waals surface area contributed by atoms with Crippen molar-refractivity contribution in [3.63, 3.8) is 0 Å². The summed E-state index contributed by atoms with van der Waals surface area (Å²) in [5.74, 6) is 0.337. The molecule has 0 bridgehead atoms. The first-order valence-corrected chi connectivity index (χ1v) is 39.9. The van der Waals surface area contributed by atoms with E-state index in [2.05, 4.69) is 40.8 Å². The Morgan fingerprint density at radius 2 is 0.900 bits per heavy atom. The van der Waals surface area contributed by atoms with Crippen LogP contribution in [0.2, 0.25) is 0 Å². The molecule has 6 aromatic carbocycles. The average Bonchev–Trinajstić information content (AvgIpc) is 1.15. The van der Waals surface area contributed by atoms with Crippen molar-refractivity contribution < 1.29 is 52.0 Å². The summed E-state index contributed by atoms with van der Waals surface area (Å²) in [5.41, 5.74) is 4.97. The van der Waals surface area contributed by atoms with Crippen molar-refractivity contribution in [2.45, 2.75) is 226 Å². The maximum atomic E-state index is 14.7. The number of piperidine rings is 2. The second kappa shape index (κ2) is 41.0. The monoisotopic (exact) mass is 1510 g/mol. The molecular weight excluding hydrogens is 1390 g/mol. The number of likely N-dealkylation sites (tertiary alicyclic amines) is 1. The van der Waals surface area contributed by atoms with E-state index < -0.39 is 47.2 Å². The highest BCUT2D eigenvalue weighted by Crippen LogP contribution is 2.48. The van der Waals surface area contributed by atoms with Gasteiger partial charge in [-0.25, -0.2) is 28.3 Å². The van der Waals surface area contributed by atoms with Crippen LogP contribution in [0.15, 0.2) is 183 Å². The summed E-state index contributed by atoms with van der Waals surface area (Å²) in [6.07, 6.45) is 26.5. The van der Waals surface area contributed by atoms with Gasteiger partial charge in [-0.1, -0.05) is 148 Å². The standard InChI is InChI=1S/C44H56FN5O4.C31H36FNO5.C14H24N4/c1-43(2,3)54-42(52)48-39(27-34-16-20-40(21-17-34)53-29-35-10-6-4-7-11-35)28-36(26-33-14-18-38(45)19-15-33)41(51)49-24-22-44(23-25-49,30-50-32-46-31-47-50)37-12-8-5-9-13-37;1-31(2,3)38-30(36)33-27(16-13-25(29(34)35)19-22-9-14-26(32)15-10-22)20-23-11-17-28(18-12-23)37-21-24-7-5-4-6-8-24;1-2-4-13(5-3-1)14(6-8-15-9-7-14)10-18-12-16-11-17-18/h4,6-7,10-11,14-21,31-32,36-37,39H,5,8-9,12-13,22-30H2,1-3H3,(H,48,52);4-12,14-15,17-18,25,27H,13,16,19-21H2,1-3H3,(H,33,36)(H,34,35);11-13,15H,1-10H2/t36-,39?;25-,27-;/m01./s1. The molecule has 4 N–H and O–H groups in total. The fourth-order valence-corrected chi connectivity index (χ4v) is 16.5. The number of nitrogens with zero attached hydrogens (tertiary/aromatic N) is 7. The van der Waals surface area contributed by atoms with E-state index in [0.29, 0.717) is 76.2 Å². The van der Waals surface area contributed by atoms with Crippen LogP contribution in [0, 0.1) is 46.1 Å². The molecule has 4 heterocycles. The lowest BCUT2D eigenvalue weighted by Gasteiger charge is -2.48. The number of halogens is 2. The summed E-state index contributed by atoms with van der Waals surface area (Å²) in [6.45, 7) is 17.4. The summed E-state index contributed by atoms with van der Waals surface area (Å²) in [5, 5.41) is 28.1. The second-order valence-electron chi connectivity index (χ2n) is 32.8. The van der Waals surface area contributed by atoms with Crippen LogP contribution in [-0.2, 0) is 71.0 Å². The van der Waals surface area contributed by atoms with Crippen molar-refractivity contribution >= 4 is 24.1 Å². The SMILES string of the molecule is CC(C)(C)OC(=O)NC(Cc1ccc(OCc2ccccc2)cc1)C[C@H](Cc1ccc(F)cc1)C(=O)N1CCC(Cn2cncn2)(C2CCCCC2)CC1.CC(C)(C)OC(=O)N[C@H](CC[C@H](Cc1ccc(F)cc1)C(=O)O)Cc1ccc(OCc2ccccc2)cc1.c1ncn(CC2(C3CCCCC3)CCNCC2)n1. The number of hydrogen-bond acceptors (Lipinski definition) is 13. The number of amides is 3. The molecule has 2 saturated carbocycles. The molecule has 8 aromatic rings. The van der Waals surface area contributed by atoms with Gasteiger partial charge in [0.1, 0.15) is 72.9 Å². The van der Waals surface area contributed by atoms with E-state index >= 15 is 0 Å². The van der Waals surface area contributed by atoms with Crippen LogP contribution >= 0.6 is 0 Å². The van der Waals surface area contributed by atoms with E-state index in [4.69, 9.17) is 18.9 Å². The highest BCUT2D eigenvalue weighted by atomic mass is 19.1. The molecule has 0 spiro atoms. The molecule has 2 aromatic heterocycles. The van der Waals surface area contributed by atoms with Crippen LogP contribution in [0.3, 0.4) is 0 Å². The highest BCUT2D eigenvalue weighted by molar-refractivity contribution is 5.79. The van der Waals surface area contributed by atoms with Crippen LogP contribution in [0.5, 0.6) is 11.5 Å². The van der Waals surface area contributed by atoms with Gasteiger partial charge >= 0.3 is 18.2 Å². The van der Waals surface area contributed by atoms with E-state index in [1.807, 2.05) is 152 Å². The van der Waals surface area contributed by atoms with Crippen molar-refractivity contribution in [3.05, 3.63) is 228 Å². The van der Waals surface area contributed by atoms with Crippen molar-refractivity contribution in [1.82, 2.24) is 50.4 Å². The van der Waals surface area contributed by atoms with E-state index in [0.717, 1.165) is 76.7 Å². The first-order chi connectivity index (χ1) is 53.0. The number of carboxylic acids is 1. The fourth-order valence-electron chi connectivity index (χ4n) is 16.5. The maximum Gasteiger partial charge on any atom is 0.407 e. The number of ether oxygens (including phenoxy) is 4. The second-order valence-corrected chi connectivity index (χ2v) is 32.8. The number of carbonyl (C=O) groups excluding carboxylic acids is 3. The molecule has 4 fully saturated rings. The Morgan fingerprint density at radius 1 is 0.500 bits per heavy atom. The van der Waals surface area contributed by atoms with Gasteiger partial charge < -0.3 is 44.9 Å². The van der Waals surface area contributed by atoms with Gasteiger partial charge in [0.25, 0.3) is 0 Å². The first kappa shape index (κ1) is 83.0. The van der Waals surface area contributed by atoms with E-state index in [-0.39, 0.29) is 35.4 Å². The average molecular weight is 1510 g/mol. The summed E-state index contributed by atoms with van der Waals surface area (Å²) in [6, 6.07) is 47.0. The summed E-state index contributed by atoms with van der Waals surface area (Å²) in [4.78, 5) is 62.7. The van der Waals surface area contributed by atoms with Crippen molar-refractivity contribution in [1.29, 1.82) is 0 Å². The summed E-state index contributed by atoms with van der Waals surface area (Å²) in [7, 11) is 0. The zero-order chi connectivity index (χ0) is 77.8. The third kappa shape index (κ3) is 27.2. The molecule has 590 valence electrons. The summed E-state index contributed by atoms with van der Waals surface area (Å²) >= 11 is 0. The minimum Gasteiger partial charge on any atom is -0.489 e. The maximum absolute atomic E-state index is 14.7. The smallest absolute Gasteiger partial charge is 0.407 e. The first-order valence-electron chi connectivity index (χ1n) is 39.9. The Labute approximate surface area is 649 Å². The number of carbonyl (C=O) groups is 4. The molecule has 2 saturated heterocycles. The quantitative estimate of drug-likeness (QED) is 0.0342. The Hall–Kier alpha value is -9.50. The molecule has 12 rings (SSSR count). The minimum atomic E-state index is -0.926. The Bertz CT molecular complexity index is 4000. The van der Waals surface area contributed by atoms with Gasteiger partial charge in [0.05, 0.1) is 5.92 Å². The van der Waals surface area contributed by atoms with Crippen LogP contribution in [0.1, 0.15) is 184 Å². The number of rotatable bonds is 29. The third-order valence-electron chi connectivity index (χ3n) is 22.2. The van der Waals surface area contributed by atoms with E-state index in [1.165, 1.54) is 114 Å². The van der Waals surface area contributed by atoms with Crippen molar-refractivity contribution in [2.75, 3.05) is 26.2 Å².